The van der Waals surface area contributed by atoms with Crippen LogP contribution in [0.5, 0.6) is 17.2 Å². The molecule has 0 unspecified atom stereocenters. The molecule has 3 heterocycles. The molecule has 1 aliphatic carbocycles. The Kier molecular flexibility index (Phi) is 5.70. The fraction of sp³-hybridized carbons (Fsp3) is 0.357. The van der Waals surface area contributed by atoms with E-state index in [1.807, 2.05) is 10.7 Å². The number of hydrogen-bond donors (Lipinski definition) is 3. The number of benzene rings is 2. The van der Waals surface area contributed by atoms with Crippen molar-refractivity contribution in [3.8, 4) is 28.4 Å². The topological polar surface area (TPSA) is 122 Å². The predicted octanol–water partition coefficient (Wildman–Crippen LogP) is 5.59. The van der Waals surface area contributed by atoms with Crippen molar-refractivity contribution in [1.29, 1.82) is 0 Å². The van der Waals surface area contributed by atoms with Crippen LogP contribution in [0.3, 0.4) is 0 Å². The van der Waals surface area contributed by atoms with E-state index in [9.17, 15) is 14.7 Å². The lowest BCUT2D eigenvalue weighted by Gasteiger charge is -2.21. The van der Waals surface area contributed by atoms with E-state index < -0.39 is 11.2 Å². The van der Waals surface area contributed by atoms with Gasteiger partial charge in [-0.15, -0.1) is 0 Å². The molecule has 0 atom stereocenters. The van der Waals surface area contributed by atoms with Gasteiger partial charge in [-0.2, -0.15) is 0 Å². The number of H-pyrrole nitrogens is 2. The summed E-state index contributed by atoms with van der Waals surface area (Å²) in [5.41, 5.74) is 2.18. The van der Waals surface area contributed by atoms with E-state index in [0.29, 0.717) is 50.1 Å². The van der Waals surface area contributed by atoms with Gasteiger partial charge in [-0.25, -0.2) is 0 Å². The average molecular weight is 504 g/mol. The zero-order valence-corrected chi connectivity index (χ0v) is 20.8. The molecule has 0 bridgehead atoms. The number of aromatic amines is 2. The van der Waals surface area contributed by atoms with Crippen LogP contribution in [0.4, 0.5) is 0 Å². The Morgan fingerprint density at radius 1 is 0.946 bits per heavy atom. The monoisotopic (exact) mass is 503 g/mol. The molecule has 0 spiro atoms. The maximum absolute atomic E-state index is 13.6. The summed E-state index contributed by atoms with van der Waals surface area (Å²) in [5.74, 6) is 0.605. The predicted molar refractivity (Wildman–Crippen MR) is 142 cm³/mol. The van der Waals surface area contributed by atoms with E-state index in [1.165, 1.54) is 25.3 Å². The van der Waals surface area contributed by atoms with Crippen LogP contribution in [0.2, 0.25) is 0 Å². The third-order valence-electron chi connectivity index (χ3n) is 7.55. The van der Waals surface area contributed by atoms with Gasteiger partial charge in [-0.1, -0.05) is 38.2 Å². The number of methoxy groups -OCH3 is 2. The number of phenols is 1. The van der Waals surface area contributed by atoms with Gasteiger partial charge in [-0.05, 0) is 42.7 Å². The highest BCUT2D eigenvalue weighted by atomic mass is 16.5. The largest absolute Gasteiger partial charge is 0.502 e. The quantitative estimate of drug-likeness (QED) is 0.294. The minimum absolute atomic E-state index is 0.0852. The number of pyridine rings is 1. The molecule has 3 N–H and O–H groups in total. The van der Waals surface area contributed by atoms with E-state index in [2.05, 4.69) is 10.1 Å². The summed E-state index contributed by atoms with van der Waals surface area (Å²) >= 11 is 0. The van der Waals surface area contributed by atoms with Crippen molar-refractivity contribution in [2.75, 3.05) is 14.2 Å². The fourth-order valence-corrected chi connectivity index (χ4v) is 5.70. The molecule has 9 heteroatoms. The SMILES string of the molecule is COc1ccc(-c2c3oc4c(O)c(=O)ccc4c3[nH]c3c2c(=O)[nH]n3C2CCCCCCC2)cc1OC. The minimum Gasteiger partial charge on any atom is -0.502 e. The van der Waals surface area contributed by atoms with E-state index in [4.69, 9.17) is 13.9 Å². The van der Waals surface area contributed by atoms with Gasteiger partial charge in [0.05, 0.1) is 31.2 Å². The van der Waals surface area contributed by atoms with Crippen molar-refractivity contribution < 1.29 is 19.0 Å². The smallest absolute Gasteiger partial charge is 0.274 e. The molecule has 192 valence electrons. The third-order valence-corrected chi connectivity index (χ3v) is 7.55. The summed E-state index contributed by atoms with van der Waals surface area (Å²) in [4.78, 5) is 29.2. The normalized spacial score (nSPS) is 15.3. The Morgan fingerprint density at radius 2 is 1.68 bits per heavy atom. The molecule has 9 nitrogen and oxygen atoms in total. The number of rotatable bonds is 4. The zero-order chi connectivity index (χ0) is 25.7. The Labute approximate surface area is 211 Å². The number of phenolic OH excluding ortho intramolecular Hbond substituents is 1. The first-order chi connectivity index (χ1) is 18.0. The van der Waals surface area contributed by atoms with Crippen molar-refractivity contribution in [3.63, 3.8) is 0 Å². The highest BCUT2D eigenvalue weighted by molar-refractivity contribution is 6.15. The van der Waals surface area contributed by atoms with Crippen LogP contribution >= 0.6 is 0 Å². The maximum Gasteiger partial charge on any atom is 0.274 e. The van der Waals surface area contributed by atoms with Crippen molar-refractivity contribution in [2.45, 2.75) is 51.0 Å². The third kappa shape index (κ3) is 3.68. The molecular weight excluding hydrogens is 474 g/mol. The molecule has 0 radical (unpaired) electrons. The van der Waals surface area contributed by atoms with E-state index in [1.54, 1.807) is 32.4 Å². The second-order valence-corrected chi connectivity index (χ2v) is 9.70. The average Bonchev–Trinajstić information content (AvgIpc) is 3.42. The van der Waals surface area contributed by atoms with Crippen LogP contribution < -0.4 is 20.5 Å². The van der Waals surface area contributed by atoms with Crippen molar-refractivity contribution in [1.82, 2.24) is 14.8 Å². The van der Waals surface area contributed by atoms with Crippen molar-refractivity contribution >= 4 is 33.1 Å². The molecule has 6 rings (SSSR count). The molecular formula is C28H29N3O6. The van der Waals surface area contributed by atoms with Gasteiger partial charge in [0.2, 0.25) is 11.2 Å². The highest BCUT2D eigenvalue weighted by Crippen LogP contribution is 2.42. The Hall–Kier alpha value is -4.14. The number of ether oxygens (including phenoxy) is 2. The molecule has 0 saturated heterocycles. The second kappa shape index (κ2) is 9.06. The van der Waals surface area contributed by atoms with E-state index in [-0.39, 0.29) is 17.2 Å². The first-order valence-electron chi connectivity index (χ1n) is 12.7. The Bertz CT molecular complexity index is 1750. The summed E-state index contributed by atoms with van der Waals surface area (Å²) in [5, 5.41) is 14.6. The number of aromatic hydroxyl groups is 1. The number of nitrogens with one attached hydrogen (secondary N) is 2. The lowest BCUT2D eigenvalue weighted by molar-refractivity contribution is 0.353. The van der Waals surface area contributed by atoms with Gasteiger partial charge in [0.1, 0.15) is 5.65 Å². The lowest BCUT2D eigenvalue weighted by Crippen LogP contribution is -2.15. The standard InChI is InChI=1S/C28H29N3O6/c1-35-19-13-10-15(14-20(19)36-2)21-22-27(31(30-28(22)34)16-8-6-4-3-5-7-9-16)29-23-17-11-12-18(32)24(33)25(17)37-26(21)23/h10-14,16,29,33H,3-9H2,1-2H3,(H,30,34). The van der Waals surface area contributed by atoms with E-state index >= 15 is 0 Å². The van der Waals surface area contributed by atoms with Gasteiger partial charge in [0.15, 0.2) is 22.7 Å². The molecule has 0 amide bonds. The lowest BCUT2D eigenvalue weighted by atomic mass is 9.96. The molecule has 1 fully saturated rings. The van der Waals surface area contributed by atoms with Gasteiger partial charge >= 0.3 is 0 Å². The summed E-state index contributed by atoms with van der Waals surface area (Å²) in [6.07, 6.45) is 7.78. The Morgan fingerprint density at radius 3 is 2.41 bits per heavy atom. The van der Waals surface area contributed by atoms with E-state index in [0.717, 1.165) is 25.7 Å². The number of fused-ring (bicyclic) bond motifs is 4. The maximum atomic E-state index is 13.6. The number of hydrogen-bond acceptors (Lipinski definition) is 6. The molecule has 1 saturated carbocycles. The molecule has 3 aromatic heterocycles. The Balaban J connectivity index is 1.72. The van der Waals surface area contributed by atoms with Crippen LogP contribution in [0, 0.1) is 0 Å². The van der Waals surface area contributed by atoms with Crippen LogP contribution in [-0.4, -0.2) is 34.1 Å². The number of furan rings is 1. The highest BCUT2D eigenvalue weighted by Gasteiger charge is 2.26. The van der Waals surface area contributed by atoms with Crippen LogP contribution in [-0.2, 0) is 0 Å². The van der Waals surface area contributed by atoms with Gasteiger partial charge in [0, 0.05) is 10.9 Å². The first-order valence-corrected chi connectivity index (χ1v) is 12.7. The van der Waals surface area contributed by atoms with Crippen LogP contribution in [0.25, 0.3) is 44.2 Å². The molecule has 37 heavy (non-hydrogen) atoms. The summed E-state index contributed by atoms with van der Waals surface area (Å²) < 4.78 is 19.0. The molecule has 0 aliphatic heterocycles. The van der Waals surface area contributed by atoms with Gasteiger partial charge < -0.3 is 24.0 Å². The molecule has 5 aromatic rings. The van der Waals surface area contributed by atoms with Gasteiger partial charge in [0.25, 0.3) is 5.56 Å². The molecule has 2 aromatic carbocycles. The summed E-state index contributed by atoms with van der Waals surface area (Å²) in [7, 11) is 3.12. The molecule has 1 aliphatic rings. The summed E-state index contributed by atoms with van der Waals surface area (Å²) in [6.45, 7) is 0. The van der Waals surface area contributed by atoms with Crippen molar-refractivity contribution in [2.24, 2.45) is 0 Å². The minimum atomic E-state index is -0.527. The number of nitrogens with zero attached hydrogens (tertiary/aromatic N) is 1. The fourth-order valence-electron chi connectivity index (χ4n) is 5.70. The van der Waals surface area contributed by atoms with Crippen LogP contribution in [0.15, 0.2) is 44.3 Å². The van der Waals surface area contributed by atoms with Gasteiger partial charge in [-0.3, -0.25) is 19.4 Å². The zero-order valence-electron chi connectivity index (χ0n) is 20.8. The van der Waals surface area contributed by atoms with Crippen molar-refractivity contribution in [3.05, 3.63) is 50.9 Å². The summed E-state index contributed by atoms with van der Waals surface area (Å²) in [6, 6.07) is 8.52. The number of aromatic nitrogens is 3. The van der Waals surface area contributed by atoms with Crippen LogP contribution in [0.1, 0.15) is 51.0 Å². The second-order valence-electron chi connectivity index (χ2n) is 9.70. The first kappa shape index (κ1) is 23.3.